The molecule has 0 aliphatic heterocycles. The van der Waals surface area contributed by atoms with Gasteiger partial charge in [0.15, 0.2) is 0 Å². The van der Waals surface area contributed by atoms with Crippen LogP contribution in [0.5, 0.6) is 0 Å². The highest BCUT2D eigenvalue weighted by atomic mass is 35.5. The Bertz CT molecular complexity index is 593. The molecule has 1 heterocycles. The Morgan fingerprint density at radius 1 is 1.30 bits per heavy atom. The van der Waals surface area contributed by atoms with Crippen LogP contribution in [0.3, 0.4) is 0 Å². The van der Waals surface area contributed by atoms with Gasteiger partial charge in [0.1, 0.15) is 0 Å². The number of aromatic nitrogens is 2. The number of benzene rings is 1. The SMILES string of the molecule is CCn1nccc1CNc1ccc(Cl)c(C(F)(F)F)c1. The molecule has 0 fully saturated rings. The van der Waals surface area contributed by atoms with Gasteiger partial charge >= 0.3 is 6.18 Å². The molecule has 3 nitrogen and oxygen atoms in total. The average Bonchev–Trinajstić information content (AvgIpc) is 2.84. The lowest BCUT2D eigenvalue weighted by atomic mass is 10.2. The largest absolute Gasteiger partial charge is 0.417 e. The van der Waals surface area contributed by atoms with Gasteiger partial charge in [-0.25, -0.2) is 0 Å². The predicted molar refractivity (Wildman–Crippen MR) is 71.7 cm³/mol. The van der Waals surface area contributed by atoms with E-state index in [9.17, 15) is 13.2 Å². The third-order valence-electron chi connectivity index (χ3n) is 2.85. The van der Waals surface area contributed by atoms with Crippen molar-refractivity contribution in [3.05, 3.63) is 46.7 Å². The van der Waals surface area contributed by atoms with Crippen molar-refractivity contribution in [3.8, 4) is 0 Å². The van der Waals surface area contributed by atoms with Crippen LogP contribution in [0, 0.1) is 0 Å². The topological polar surface area (TPSA) is 29.9 Å². The summed E-state index contributed by atoms with van der Waals surface area (Å²) in [5.41, 5.74) is 0.426. The van der Waals surface area contributed by atoms with Crippen LogP contribution in [0.15, 0.2) is 30.5 Å². The maximum absolute atomic E-state index is 12.7. The number of nitrogens with one attached hydrogen (secondary N) is 1. The molecule has 1 N–H and O–H groups in total. The zero-order valence-electron chi connectivity index (χ0n) is 10.7. The van der Waals surface area contributed by atoms with E-state index in [0.29, 0.717) is 18.8 Å². The summed E-state index contributed by atoms with van der Waals surface area (Å²) in [5.74, 6) is 0. The normalized spacial score (nSPS) is 11.7. The molecule has 0 saturated carbocycles. The molecular formula is C13H13ClF3N3. The molecule has 0 atom stereocenters. The first kappa shape index (κ1) is 14.7. The third kappa shape index (κ3) is 3.25. The van der Waals surface area contributed by atoms with Crippen molar-refractivity contribution in [3.63, 3.8) is 0 Å². The van der Waals surface area contributed by atoms with E-state index in [2.05, 4.69) is 10.4 Å². The van der Waals surface area contributed by atoms with Crippen molar-refractivity contribution in [2.75, 3.05) is 5.32 Å². The van der Waals surface area contributed by atoms with Gasteiger partial charge in [0, 0.05) is 18.4 Å². The van der Waals surface area contributed by atoms with E-state index in [1.54, 1.807) is 10.9 Å². The highest BCUT2D eigenvalue weighted by Crippen LogP contribution is 2.36. The second-order valence-corrected chi connectivity index (χ2v) is 4.59. The second kappa shape index (κ2) is 5.75. The maximum atomic E-state index is 12.7. The molecule has 2 aromatic rings. The molecule has 108 valence electrons. The number of nitrogens with zero attached hydrogens (tertiary/aromatic N) is 2. The van der Waals surface area contributed by atoms with Gasteiger partial charge in [-0.05, 0) is 31.2 Å². The Hall–Kier alpha value is -1.69. The van der Waals surface area contributed by atoms with Gasteiger partial charge in [-0.1, -0.05) is 11.6 Å². The highest BCUT2D eigenvalue weighted by Gasteiger charge is 2.33. The molecule has 0 radical (unpaired) electrons. The quantitative estimate of drug-likeness (QED) is 0.918. The number of aryl methyl sites for hydroxylation is 1. The number of rotatable bonds is 4. The molecule has 0 saturated heterocycles. The first-order valence-electron chi connectivity index (χ1n) is 6.03. The highest BCUT2D eigenvalue weighted by molar-refractivity contribution is 6.31. The Morgan fingerprint density at radius 2 is 2.05 bits per heavy atom. The Morgan fingerprint density at radius 3 is 2.70 bits per heavy atom. The lowest BCUT2D eigenvalue weighted by Gasteiger charge is -2.12. The van der Waals surface area contributed by atoms with Crippen LogP contribution in [0.25, 0.3) is 0 Å². The predicted octanol–water partition coefficient (Wildman–Crippen LogP) is 4.19. The minimum Gasteiger partial charge on any atom is -0.379 e. The second-order valence-electron chi connectivity index (χ2n) is 4.18. The van der Waals surface area contributed by atoms with E-state index < -0.39 is 11.7 Å². The van der Waals surface area contributed by atoms with Crippen LogP contribution >= 0.6 is 11.6 Å². The summed E-state index contributed by atoms with van der Waals surface area (Å²) in [6, 6.07) is 5.58. The van der Waals surface area contributed by atoms with E-state index in [1.807, 2.05) is 13.0 Å². The van der Waals surface area contributed by atoms with Crippen LogP contribution in [0.2, 0.25) is 5.02 Å². The van der Waals surface area contributed by atoms with Crippen molar-refractivity contribution >= 4 is 17.3 Å². The standard InChI is InChI=1S/C13H13ClF3N3/c1-2-20-10(5-6-19-20)8-18-9-3-4-12(14)11(7-9)13(15,16)17/h3-7,18H,2,8H2,1H3. The number of anilines is 1. The summed E-state index contributed by atoms with van der Waals surface area (Å²) in [6.45, 7) is 3.05. The van der Waals surface area contributed by atoms with Crippen LogP contribution in [0.4, 0.5) is 18.9 Å². The first-order valence-corrected chi connectivity index (χ1v) is 6.41. The summed E-state index contributed by atoms with van der Waals surface area (Å²) < 4.78 is 40.0. The fourth-order valence-corrected chi connectivity index (χ4v) is 2.06. The Labute approximate surface area is 119 Å². The molecule has 20 heavy (non-hydrogen) atoms. The number of halogens is 4. The average molecular weight is 304 g/mol. The Balaban J connectivity index is 2.15. The maximum Gasteiger partial charge on any atom is 0.417 e. The minimum atomic E-state index is -4.46. The molecule has 7 heteroatoms. The molecule has 0 unspecified atom stereocenters. The molecule has 0 bridgehead atoms. The lowest BCUT2D eigenvalue weighted by molar-refractivity contribution is -0.137. The van der Waals surface area contributed by atoms with E-state index in [4.69, 9.17) is 11.6 Å². The van der Waals surface area contributed by atoms with Gasteiger partial charge in [0.25, 0.3) is 0 Å². The fraction of sp³-hybridized carbons (Fsp3) is 0.308. The van der Waals surface area contributed by atoms with Crippen LogP contribution in [-0.4, -0.2) is 9.78 Å². The molecule has 0 amide bonds. The van der Waals surface area contributed by atoms with Gasteiger partial charge in [0.05, 0.1) is 22.8 Å². The van der Waals surface area contributed by atoms with Gasteiger partial charge in [0.2, 0.25) is 0 Å². The van der Waals surface area contributed by atoms with Gasteiger partial charge in [-0.15, -0.1) is 0 Å². The summed E-state index contributed by atoms with van der Waals surface area (Å²) in [6.07, 6.45) is -2.80. The summed E-state index contributed by atoms with van der Waals surface area (Å²) >= 11 is 5.57. The van der Waals surface area contributed by atoms with Crippen molar-refractivity contribution in [1.29, 1.82) is 0 Å². The molecular weight excluding hydrogens is 291 g/mol. The van der Waals surface area contributed by atoms with Crippen LogP contribution in [0.1, 0.15) is 18.2 Å². The molecule has 0 aliphatic carbocycles. The zero-order chi connectivity index (χ0) is 14.8. The van der Waals surface area contributed by atoms with Crippen molar-refractivity contribution in [2.24, 2.45) is 0 Å². The third-order valence-corrected chi connectivity index (χ3v) is 3.18. The molecule has 1 aromatic heterocycles. The van der Waals surface area contributed by atoms with Gasteiger partial charge in [-0.2, -0.15) is 18.3 Å². The summed E-state index contributed by atoms with van der Waals surface area (Å²) in [7, 11) is 0. The van der Waals surface area contributed by atoms with E-state index in [1.165, 1.54) is 12.1 Å². The lowest BCUT2D eigenvalue weighted by Crippen LogP contribution is -2.10. The molecule has 2 rings (SSSR count). The van der Waals surface area contributed by atoms with Crippen molar-refractivity contribution in [1.82, 2.24) is 9.78 Å². The smallest absolute Gasteiger partial charge is 0.379 e. The zero-order valence-corrected chi connectivity index (χ0v) is 11.5. The van der Waals surface area contributed by atoms with Crippen LogP contribution < -0.4 is 5.32 Å². The fourth-order valence-electron chi connectivity index (χ4n) is 1.84. The number of alkyl halides is 3. The number of hydrogen-bond donors (Lipinski definition) is 1. The summed E-state index contributed by atoms with van der Waals surface area (Å²) in [4.78, 5) is 0. The van der Waals surface area contributed by atoms with Crippen molar-refractivity contribution in [2.45, 2.75) is 26.2 Å². The minimum absolute atomic E-state index is 0.304. The number of hydrogen-bond acceptors (Lipinski definition) is 2. The Kier molecular flexibility index (Phi) is 4.23. The van der Waals surface area contributed by atoms with Gasteiger partial charge in [-0.3, -0.25) is 4.68 Å². The molecule has 1 aromatic carbocycles. The first-order chi connectivity index (χ1) is 9.41. The molecule has 0 aliphatic rings. The van der Waals surface area contributed by atoms with Gasteiger partial charge < -0.3 is 5.32 Å². The monoisotopic (exact) mass is 303 g/mol. The molecule has 0 spiro atoms. The summed E-state index contributed by atoms with van der Waals surface area (Å²) in [5, 5.41) is 6.73. The van der Waals surface area contributed by atoms with Crippen LogP contribution in [-0.2, 0) is 19.3 Å². The van der Waals surface area contributed by atoms with E-state index >= 15 is 0 Å². The van der Waals surface area contributed by atoms with Crippen molar-refractivity contribution < 1.29 is 13.2 Å². The van der Waals surface area contributed by atoms with E-state index in [0.717, 1.165) is 11.8 Å². The van der Waals surface area contributed by atoms with E-state index in [-0.39, 0.29) is 5.02 Å².